The van der Waals surface area contributed by atoms with E-state index < -0.39 is 11.5 Å². The molecule has 4 aromatic rings. The van der Waals surface area contributed by atoms with E-state index in [1.54, 1.807) is 66.2 Å². The maximum absolute atomic E-state index is 12.5. The number of amides is 2. The Morgan fingerprint density at radius 1 is 1.06 bits per heavy atom. The van der Waals surface area contributed by atoms with E-state index in [0.29, 0.717) is 34.3 Å². The third kappa shape index (κ3) is 4.62. The molecule has 2 amide bonds. The second-order valence-electron chi connectivity index (χ2n) is 7.99. The highest BCUT2D eigenvalue weighted by Crippen LogP contribution is 2.30. The van der Waals surface area contributed by atoms with E-state index in [-0.39, 0.29) is 17.4 Å². The lowest BCUT2D eigenvalue weighted by atomic mass is 10.2. The molecule has 3 aromatic heterocycles. The quantitative estimate of drug-likeness (QED) is 0.420. The number of H-pyrrole nitrogens is 1. The van der Waals surface area contributed by atoms with E-state index >= 15 is 0 Å². The largest absolute Gasteiger partial charge is 0.456 e. The Morgan fingerprint density at radius 3 is 2.70 bits per heavy atom. The number of ether oxygens (including phenoxy) is 1. The van der Waals surface area contributed by atoms with Crippen LogP contribution in [0.2, 0.25) is 0 Å². The van der Waals surface area contributed by atoms with E-state index in [2.05, 4.69) is 20.6 Å². The summed E-state index contributed by atoms with van der Waals surface area (Å²) in [5, 5.41) is 5.55. The molecule has 1 aromatic carbocycles. The molecule has 166 valence electrons. The number of rotatable bonds is 6. The summed E-state index contributed by atoms with van der Waals surface area (Å²) < 4.78 is 7.71. The van der Waals surface area contributed by atoms with Gasteiger partial charge in [0.1, 0.15) is 22.7 Å². The monoisotopic (exact) mass is 443 g/mol. The van der Waals surface area contributed by atoms with Crippen molar-refractivity contribution in [1.29, 1.82) is 0 Å². The van der Waals surface area contributed by atoms with Gasteiger partial charge in [0.05, 0.1) is 12.4 Å². The number of carbonyl (C=O) groups excluding carboxylic acids is 2. The molecule has 0 atom stereocenters. The van der Waals surface area contributed by atoms with Gasteiger partial charge >= 0.3 is 0 Å². The van der Waals surface area contributed by atoms with Crippen molar-refractivity contribution < 1.29 is 14.3 Å². The van der Waals surface area contributed by atoms with Crippen LogP contribution in [0, 0.1) is 12.8 Å². The molecule has 9 nitrogen and oxygen atoms in total. The topological polar surface area (TPSA) is 118 Å². The zero-order chi connectivity index (χ0) is 22.9. The van der Waals surface area contributed by atoms with E-state index in [0.717, 1.165) is 12.8 Å². The van der Waals surface area contributed by atoms with Crippen molar-refractivity contribution in [3.05, 3.63) is 82.5 Å². The number of hydrogen-bond donors (Lipinski definition) is 3. The fraction of sp³-hybridized carbons (Fsp3) is 0.167. The van der Waals surface area contributed by atoms with E-state index in [9.17, 15) is 14.4 Å². The second kappa shape index (κ2) is 8.27. The van der Waals surface area contributed by atoms with E-state index in [4.69, 9.17) is 4.74 Å². The van der Waals surface area contributed by atoms with Crippen molar-refractivity contribution in [2.75, 3.05) is 10.6 Å². The Morgan fingerprint density at radius 2 is 1.91 bits per heavy atom. The summed E-state index contributed by atoms with van der Waals surface area (Å²) in [6, 6.07) is 13.6. The number of benzene rings is 1. The van der Waals surface area contributed by atoms with Crippen molar-refractivity contribution in [3.8, 4) is 11.5 Å². The third-order valence-corrected chi connectivity index (χ3v) is 5.25. The predicted molar refractivity (Wildman–Crippen MR) is 123 cm³/mol. The Kier molecular flexibility index (Phi) is 5.14. The molecule has 5 rings (SSSR count). The Bertz CT molecular complexity index is 1430. The minimum atomic E-state index is -0.506. The molecule has 3 N–H and O–H groups in total. The zero-order valence-electron chi connectivity index (χ0n) is 17.8. The van der Waals surface area contributed by atoms with Gasteiger partial charge in [-0.05, 0) is 56.2 Å². The Hall–Kier alpha value is -4.40. The van der Waals surface area contributed by atoms with Gasteiger partial charge in [0.15, 0.2) is 5.82 Å². The van der Waals surface area contributed by atoms with E-state index in [1.165, 1.54) is 6.07 Å². The first-order chi connectivity index (χ1) is 15.9. The number of aryl methyl sites for hydroxylation is 1. The summed E-state index contributed by atoms with van der Waals surface area (Å²) in [5.74, 6) is 1.16. The minimum Gasteiger partial charge on any atom is -0.456 e. The molecule has 0 bridgehead atoms. The number of nitrogens with one attached hydrogen (secondary N) is 3. The smallest absolute Gasteiger partial charge is 0.261 e. The van der Waals surface area contributed by atoms with Crippen LogP contribution in [0.4, 0.5) is 11.5 Å². The standard InChI is InChI=1S/C24H21N5O4/c1-14-5-9-19(23(31)25-14)24(32)26-16-3-2-4-17(11-16)33-18-8-10-21-27-20(13-29(21)12-18)28-22(30)15-6-7-15/h2-5,8-13,15H,6-7H2,1H3,(H,25,31)(H,26,32)(H,28,30). The summed E-state index contributed by atoms with van der Waals surface area (Å²) in [5.41, 5.74) is 1.44. The van der Waals surface area contributed by atoms with Gasteiger partial charge in [-0.3, -0.25) is 14.4 Å². The summed E-state index contributed by atoms with van der Waals surface area (Å²) in [6.45, 7) is 1.75. The predicted octanol–water partition coefficient (Wildman–Crippen LogP) is 3.72. The number of imidazole rings is 1. The van der Waals surface area contributed by atoms with Crippen molar-refractivity contribution in [2.45, 2.75) is 19.8 Å². The van der Waals surface area contributed by atoms with Gasteiger partial charge in [0.2, 0.25) is 5.91 Å². The molecule has 0 unspecified atom stereocenters. The van der Waals surface area contributed by atoms with Gasteiger partial charge < -0.3 is 24.8 Å². The van der Waals surface area contributed by atoms with Crippen LogP contribution in [-0.4, -0.2) is 26.2 Å². The number of aromatic amines is 1. The SMILES string of the molecule is Cc1ccc(C(=O)Nc2cccc(Oc3ccc4nc(NC(=O)C5CC5)cn4c3)c2)c(=O)[nH]1. The lowest BCUT2D eigenvalue weighted by Crippen LogP contribution is -2.23. The summed E-state index contributed by atoms with van der Waals surface area (Å²) >= 11 is 0. The highest BCUT2D eigenvalue weighted by molar-refractivity contribution is 6.04. The summed E-state index contributed by atoms with van der Waals surface area (Å²) in [4.78, 5) is 43.5. The van der Waals surface area contributed by atoms with Gasteiger partial charge in [-0.1, -0.05) is 6.07 Å². The van der Waals surface area contributed by atoms with E-state index in [1.807, 2.05) is 0 Å². The number of hydrogen-bond acceptors (Lipinski definition) is 5. The fourth-order valence-electron chi connectivity index (χ4n) is 3.39. The first-order valence-electron chi connectivity index (χ1n) is 10.5. The molecule has 0 spiro atoms. The zero-order valence-corrected chi connectivity index (χ0v) is 17.8. The molecule has 0 radical (unpaired) electrons. The van der Waals surface area contributed by atoms with Crippen LogP contribution in [-0.2, 0) is 4.79 Å². The highest BCUT2D eigenvalue weighted by atomic mass is 16.5. The van der Waals surface area contributed by atoms with Crippen LogP contribution in [0.25, 0.3) is 5.65 Å². The summed E-state index contributed by atoms with van der Waals surface area (Å²) in [7, 11) is 0. The molecule has 0 saturated heterocycles. The average molecular weight is 443 g/mol. The molecule has 1 fully saturated rings. The molecule has 0 aliphatic heterocycles. The molecule has 33 heavy (non-hydrogen) atoms. The lowest BCUT2D eigenvalue weighted by molar-refractivity contribution is -0.117. The van der Waals surface area contributed by atoms with Crippen molar-refractivity contribution in [2.24, 2.45) is 5.92 Å². The fourth-order valence-corrected chi connectivity index (χ4v) is 3.39. The van der Waals surface area contributed by atoms with Crippen LogP contribution in [0.5, 0.6) is 11.5 Å². The first-order valence-corrected chi connectivity index (χ1v) is 10.5. The molecule has 1 saturated carbocycles. The Labute approximate surface area is 188 Å². The lowest BCUT2D eigenvalue weighted by Gasteiger charge is -2.09. The van der Waals surface area contributed by atoms with Crippen molar-refractivity contribution in [3.63, 3.8) is 0 Å². The van der Waals surface area contributed by atoms with Crippen LogP contribution in [0.15, 0.2) is 65.7 Å². The number of fused-ring (bicyclic) bond motifs is 1. The number of anilines is 2. The van der Waals surface area contributed by atoms with Gasteiger partial charge in [-0.15, -0.1) is 0 Å². The van der Waals surface area contributed by atoms with Crippen LogP contribution >= 0.6 is 0 Å². The maximum Gasteiger partial charge on any atom is 0.261 e. The van der Waals surface area contributed by atoms with Gasteiger partial charge in [0, 0.05) is 23.4 Å². The van der Waals surface area contributed by atoms with Crippen LogP contribution < -0.4 is 20.9 Å². The van der Waals surface area contributed by atoms with Crippen LogP contribution in [0.1, 0.15) is 28.9 Å². The molecule has 1 aliphatic carbocycles. The minimum absolute atomic E-state index is 0.00127. The number of pyridine rings is 2. The molecular formula is C24H21N5O4. The van der Waals surface area contributed by atoms with Crippen molar-refractivity contribution >= 4 is 29.0 Å². The molecular weight excluding hydrogens is 422 g/mol. The average Bonchev–Trinajstić information content (AvgIpc) is 3.55. The molecule has 9 heteroatoms. The van der Waals surface area contributed by atoms with Gasteiger partial charge in [-0.25, -0.2) is 4.98 Å². The first kappa shape index (κ1) is 20.5. The third-order valence-electron chi connectivity index (χ3n) is 5.25. The summed E-state index contributed by atoms with van der Waals surface area (Å²) in [6.07, 6.45) is 5.35. The molecule has 3 heterocycles. The van der Waals surface area contributed by atoms with Gasteiger partial charge in [0.25, 0.3) is 11.5 Å². The normalized spacial score (nSPS) is 13.0. The number of nitrogens with zero attached hydrogens (tertiary/aromatic N) is 2. The second-order valence-corrected chi connectivity index (χ2v) is 7.99. The van der Waals surface area contributed by atoms with Gasteiger partial charge in [-0.2, -0.15) is 0 Å². The highest BCUT2D eigenvalue weighted by Gasteiger charge is 2.30. The Balaban J connectivity index is 1.30. The number of aromatic nitrogens is 3. The van der Waals surface area contributed by atoms with Crippen LogP contribution in [0.3, 0.4) is 0 Å². The van der Waals surface area contributed by atoms with Crippen molar-refractivity contribution in [1.82, 2.24) is 14.4 Å². The molecule has 1 aliphatic rings. The maximum atomic E-state index is 12.5. The number of carbonyl (C=O) groups is 2.